The minimum absolute atomic E-state index is 0.889. The van der Waals surface area contributed by atoms with E-state index in [-0.39, 0.29) is 0 Å². The predicted octanol–water partition coefficient (Wildman–Crippen LogP) is 0.833. The Kier molecular flexibility index (Phi) is 3.12. The van der Waals surface area contributed by atoms with Crippen molar-refractivity contribution in [2.75, 3.05) is 20.4 Å². The van der Waals surface area contributed by atoms with Crippen LogP contribution in [0.2, 0.25) is 0 Å². The maximum atomic E-state index is 3.69. The van der Waals surface area contributed by atoms with Gasteiger partial charge in [-0.2, -0.15) is 0 Å². The fraction of sp³-hybridized carbons (Fsp3) is 0.600. The lowest BCUT2D eigenvalue weighted by molar-refractivity contribution is 1.17. The molecule has 0 saturated carbocycles. The van der Waals surface area contributed by atoms with E-state index in [0.29, 0.717) is 0 Å². The Bertz CT molecular complexity index is 78.5. The van der Waals surface area contributed by atoms with Gasteiger partial charge in [0, 0.05) is 0 Å². The molecule has 0 fully saturated rings. The quantitative estimate of drug-likeness (QED) is 0.597. The lowest BCUT2D eigenvalue weighted by atomic mass is 11.3. The second-order valence-corrected chi connectivity index (χ2v) is 4.67. The first-order chi connectivity index (χ1) is 3.68. The van der Waals surface area contributed by atoms with E-state index in [4.69, 9.17) is 0 Å². The van der Waals surface area contributed by atoms with Gasteiger partial charge in [-0.15, -0.1) is 10.4 Å². The zero-order valence-electron chi connectivity index (χ0n) is 5.69. The molecule has 0 aromatic heterocycles. The van der Waals surface area contributed by atoms with Gasteiger partial charge in [-0.1, -0.05) is 6.58 Å². The van der Waals surface area contributed by atoms with Gasteiger partial charge in [0.15, 0.2) is 0 Å². The SMILES string of the molecule is C=CS(C)(NC)NC. The zero-order valence-corrected chi connectivity index (χ0v) is 6.51. The van der Waals surface area contributed by atoms with Crippen LogP contribution < -0.4 is 9.44 Å². The molecule has 0 bridgehead atoms. The standard InChI is InChI=1S/C5H14N2S/c1-5-8(4,6-2)7-3/h5-7H,1H2,2-4H3. The fourth-order valence-corrected chi connectivity index (χ4v) is 0.806. The monoisotopic (exact) mass is 134 g/mol. The van der Waals surface area contributed by atoms with Gasteiger partial charge in [0.25, 0.3) is 0 Å². The molecule has 0 aromatic carbocycles. The smallest absolute Gasteiger partial charge is 0.00575 e. The van der Waals surface area contributed by atoms with Crippen molar-refractivity contribution in [3.05, 3.63) is 12.0 Å². The molecule has 3 heteroatoms. The molecule has 0 atom stereocenters. The first kappa shape index (κ1) is 8.01. The third kappa shape index (κ3) is 1.86. The zero-order chi connectivity index (χ0) is 6.62. The van der Waals surface area contributed by atoms with Gasteiger partial charge < -0.3 is 0 Å². The molecule has 2 nitrogen and oxygen atoms in total. The summed E-state index contributed by atoms with van der Waals surface area (Å²) in [5.41, 5.74) is 0. The van der Waals surface area contributed by atoms with Crippen molar-refractivity contribution in [3.63, 3.8) is 0 Å². The van der Waals surface area contributed by atoms with Crippen LogP contribution in [0.15, 0.2) is 12.0 Å². The molecule has 0 aliphatic rings. The largest absolute Gasteiger partial charge is 0.270 e. The number of hydrogen-bond donors (Lipinski definition) is 2. The van der Waals surface area contributed by atoms with Crippen molar-refractivity contribution in [1.29, 1.82) is 0 Å². The highest BCUT2D eigenvalue weighted by Gasteiger charge is 2.03. The average Bonchev–Trinajstić information content (AvgIpc) is 1.87. The molecule has 0 spiro atoms. The van der Waals surface area contributed by atoms with Crippen LogP contribution in [0.5, 0.6) is 0 Å². The van der Waals surface area contributed by atoms with Crippen molar-refractivity contribution in [3.8, 4) is 0 Å². The first-order valence-electron chi connectivity index (χ1n) is 2.46. The Morgan fingerprint density at radius 2 is 1.75 bits per heavy atom. The van der Waals surface area contributed by atoms with Gasteiger partial charge in [0.05, 0.1) is 0 Å². The Morgan fingerprint density at radius 3 is 1.75 bits per heavy atom. The van der Waals surface area contributed by atoms with Gasteiger partial charge in [0.2, 0.25) is 0 Å². The summed E-state index contributed by atoms with van der Waals surface area (Å²) in [6.07, 6.45) is 2.10. The van der Waals surface area contributed by atoms with Gasteiger partial charge in [-0.3, -0.25) is 9.44 Å². The molecular weight excluding hydrogens is 120 g/mol. The van der Waals surface area contributed by atoms with E-state index in [0.717, 1.165) is 0 Å². The highest BCUT2D eigenvalue weighted by molar-refractivity contribution is 8.32. The van der Waals surface area contributed by atoms with Crippen molar-refractivity contribution >= 4 is 10.4 Å². The molecule has 0 heterocycles. The van der Waals surface area contributed by atoms with Crippen molar-refractivity contribution in [2.24, 2.45) is 0 Å². The molecule has 0 aromatic rings. The fourth-order valence-electron chi connectivity index (χ4n) is 0.269. The van der Waals surface area contributed by atoms with Crippen LogP contribution in [-0.2, 0) is 0 Å². The Balaban J connectivity index is 3.76. The van der Waals surface area contributed by atoms with E-state index in [2.05, 4.69) is 22.3 Å². The summed E-state index contributed by atoms with van der Waals surface area (Å²) in [7, 11) is 2.96. The van der Waals surface area contributed by atoms with Crippen LogP contribution >= 0.6 is 10.4 Å². The van der Waals surface area contributed by atoms with Crippen molar-refractivity contribution in [2.45, 2.75) is 0 Å². The minimum Gasteiger partial charge on any atom is -0.270 e. The van der Waals surface area contributed by atoms with E-state index in [1.54, 1.807) is 0 Å². The molecule has 0 aliphatic heterocycles. The lowest BCUT2D eigenvalue weighted by Gasteiger charge is -2.30. The summed E-state index contributed by atoms with van der Waals surface area (Å²) in [6, 6.07) is 0. The summed E-state index contributed by atoms with van der Waals surface area (Å²) in [5.74, 6) is 0. The van der Waals surface area contributed by atoms with Crippen LogP contribution in [0.4, 0.5) is 0 Å². The van der Waals surface area contributed by atoms with Gasteiger partial charge in [-0.25, -0.2) is 0 Å². The number of hydrogen-bond acceptors (Lipinski definition) is 2. The highest BCUT2D eigenvalue weighted by Crippen LogP contribution is 2.32. The summed E-state index contributed by atoms with van der Waals surface area (Å²) >= 11 is 0. The second kappa shape index (κ2) is 3.12. The third-order valence-corrected chi connectivity index (χ3v) is 3.54. The molecule has 0 rings (SSSR count). The average molecular weight is 134 g/mol. The Morgan fingerprint density at radius 1 is 1.38 bits per heavy atom. The maximum Gasteiger partial charge on any atom is -0.00575 e. The van der Waals surface area contributed by atoms with Crippen LogP contribution in [-0.4, -0.2) is 20.4 Å². The van der Waals surface area contributed by atoms with E-state index in [9.17, 15) is 0 Å². The Labute approximate surface area is 52.9 Å². The van der Waals surface area contributed by atoms with E-state index >= 15 is 0 Å². The van der Waals surface area contributed by atoms with E-state index in [1.165, 1.54) is 0 Å². The molecule has 50 valence electrons. The molecule has 0 aliphatic carbocycles. The summed E-state index contributed by atoms with van der Waals surface area (Å²) < 4.78 is 6.26. The van der Waals surface area contributed by atoms with Gasteiger partial charge in [-0.05, 0) is 25.8 Å². The predicted molar refractivity (Wildman–Crippen MR) is 41.8 cm³/mol. The second-order valence-electron chi connectivity index (χ2n) is 1.56. The molecule has 0 amide bonds. The number of rotatable bonds is 3. The maximum absolute atomic E-state index is 3.69. The topological polar surface area (TPSA) is 24.1 Å². The van der Waals surface area contributed by atoms with Crippen molar-refractivity contribution < 1.29 is 0 Å². The Hall–Kier alpha value is 0.01000. The molecule has 0 unspecified atom stereocenters. The normalized spacial score (nSPS) is 13.4. The van der Waals surface area contributed by atoms with Gasteiger partial charge in [0.1, 0.15) is 0 Å². The molecule has 0 radical (unpaired) electrons. The summed E-state index contributed by atoms with van der Waals surface area (Å²) in [4.78, 5) is 0. The molecule has 8 heavy (non-hydrogen) atoms. The van der Waals surface area contributed by atoms with Crippen LogP contribution in [0, 0.1) is 0 Å². The highest BCUT2D eigenvalue weighted by atomic mass is 32.3. The summed E-state index contributed by atoms with van der Waals surface area (Å²) in [5, 5.41) is 1.91. The van der Waals surface area contributed by atoms with Gasteiger partial charge >= 0.3 is 0 Å². The van der Waals surface area contributed by atoms with E-state index < -0.39 is 10.4 Å². The van der Waals surface area contributed by atoms with Crippen molar-refractivity contribution in [1.82, 2.24) is 9.44 Å². The third-order valence-electron chi connectivity index (χ3n) is 1.18. The van der Waals surface area contributed by atoms with Crippen LogP contribution in [0.3, 0.4) is 0 Å². The number of nitrogens with one attached hydrogen (secondary N) is 2. The lowest BCUT2D eigenvalue weighted by Crippen LogP contribution is -2.23. The van der Waals surface area contributed by atoms with E-state index in [1.807, 2.05) is 19.5 Å². The molecule has 2 N–H and O–H groups in total. The molecule has 0 saturated heterocycles. The summed E-state index contributed by atoms with van der Waals surface area (Å²) in [6.45, 7) is 3.69. The first-order valence-corrected chi connectivity index (χ1v) is 4.56. The molecular formula is C5H14N2S. The van der Waals surface area contributed by atoms with Crippen LogP contribution in [0.1, 0.15) is 0 Å². The van der Waals surface area contributed by atoms with Crippen LogP contribution in [0.25, 0.3) is 0 Å². The minimum atomic E-state index is -0.889.